The Hall–Kier alpha value is -1.97. The van der Waals surface area contributed by atoms with Gasteiger partial charge >= 0.3 is 0 Å². The van der Waals surface area contributed by atoms with Crippen LogP contribution < -0.4 is 29.6 Å². The Labute approximate surface area is 208 Å². The number of methoxy groups -OCH3 is 4. The standard InChI is InChI=1S/C28H44NO4P/c1-13-29(14-2)34(23-17-19(30-9)15-21(25(23)32-11)27(3,4)5)24-18-20(31-10)16-22(26(24)33-12)28(6,7)8/h15-18H,13-14H2,1-12H3. The van der Waals surface area contributed by atoms with Crippen molar-refractivity contribution >= 4 is 18.7 Å². The van der Waals surface area contributed by atoms with Crippen molar-refractivity contribution in [1.82, 2.24) is 4.67 Å². The molecule has 0 saturated carbocycles. The lowest BCUT2D eigenvalue weighted by molar-refractivity contribution is 0.389. The van der Waals surface area contributed by atoms with Gasteiger partial charge in [-0.2, -0.15) is 0 Å². The number of ether oxygens (including phenoxy) is 4. The highest BCUT2D eigenvalue weighted by Crippen LogP contribution is 2.49. The van der Waals surface area contributed by atoms with Gasteiger partial charge in [0.1, 0.15) is 23.0 Å². The lowest BCUT2D eigenvalue weighted by atomic mass is 9.86. The zero-order valence-corrected chi connectivity index (χ0v) is 24.1. The average Bonchev–Trinajstić information content (AvgIpc) is 2.79. The van der Waals surface area contributed by atoms with Crippen LogP contribution in [0, 0.1) is 0 Å². The van der Waals surface area contributed by atoms with Crippen molar-refractivity contribution in [3.05, 3.63) is 35.4 Å². The lowest BCUT2D eigenvalue weighted by Crippen LogP contribution is -2.32. The molecule has 34 heavy (non-hydrogen) atoms. The number of nitrogens with zero attached hydrogens (tertiary/aromatic N) is 1. The van der Waals surface area contributed by atoms with Crippen LogP contribution in [0.5, 0.6) is 23.0 Å². The third-order valence-electron chi connectivity index (χ3n) is 6.05. The van der Waals surface area contributed by atoms with Crippen molar-refractivity contribution in [3.63, 3.8) is 0 Å². The first kappa shape index (κ1) is 28.3. The predicted molar refractivity (Wildman–Crippen MR) is 146 cm³/mol. The van der Waals surface area contributed by atoms with E-state index in [9.17, 15) is 0 Å². The Morgan fingerprint density at radius 2 is 0.971 bits per heavy atom. The highest BCUT2D eigenvalue weighted by atomic mass is 31.1. The van der Waals surface area contributed by atoms with Gasteiger partial charge in [-0.3, -0.25) is 4.67 Å². The van der Waals surface area contributed by atoms with Gasteiger partial charge in [0.2, 0.25) is 0 Å². The van der Waals surface area contributed by atoms with Gasteiger partial charge in [0.05, 0.1) is 28.4 Å². The Bertz CT molecular complexity index is 898. The topological polar surface area (TPSA) is 40.2 Å². The maximum atomic E-state index is 6.13. The Morgan fingerprint density at radius 1 is 0.618 bits per heavy atom. The fraction of sp³-hybridized carbons (Fsp3) is 0.571. The number of rotatable bonds is 9. The van der Waals surface area contributed by atoms with Gasteiger partial charge in [-0.05, 0) is 48.2 Å². The molecule has 0 atom stereocenters. The monoisotopic (exact) mass is 489 g/mol. The van der Waals surface area contributed by atoms with Crippen molar-refractivity contribution in [2.45, 2.75) is 66.2 Å². The molecule has 0 unspecified atom stereocenters. The second-order valence-corrected chi connectivity index (χ2v) is 12.6. The van der Waals surface area contributed by atoms with E-state index >= 15 is 0 Å². The van der Waals surface area contributed by atoms with Gasteiger partial charge < -0.3 is 18.9 Å². The van der Waals surface area contributed by atoms with E-state index in [1.165, 1.54) is 0 Å². The van der Waals surface area contributed by atoms with E-state index < -0.39 is 8.07 Å². The highest BCUT2D eigenvalue weighted by molar-refractivity contribution is 7.71. The van der Waals surface area contributed by atoms with Gasteiger partial charge in [0.15, 0.2) is 0 Å². The van der Waals surface area contributed by atoms with Crippen LogP contribution in [-0.2, 0) is 10.8 Å². The first-order chi connectivity index (χ1) is 15.9. The normalized spacial score (nSPS) is 12.3. The first-order valence-corrected chi connectivity index (χ1v) is 13.2. The maximum Gasteiger partial charge on any atom is 0.132 e. The van der Waals surface area contributed by atoms with Crippen LogP contribution in [0.2, 0.25) is 0 Å². The number of hydrogen-bond donors (Lipinski definition) is 0. The molecule has 0 heterocycles. The Morgan fingerprint density at radius 3 is 1.21 bits per heavy atom. The van der Waals surface area contributed by atoms with Crippen molar-refractivity contribution in [2.75, 3.05) is 41.5 Å². The minimum Gasteiger partial charge on any atom is -0.497 e. The Kier molecular flexibility index (Phi) is 9.30. The summed E-state index contributed by atoms with van der Waals surface area (Å²) in [6.45, 7) is 19.4. The van der Waals surface area contributed by atoms with Crippen LogP contribution in [-0.4, -0.2) is 46.2 Å². The summed E-state index contributed by atoms with van der Waals surface area (Å²) in [6.07, 6.45) is 0. The van der Waals surface area contributed by atoms with Gasteiger partial charge in [0.25, 0.3) is 0 Å². The zero-order valence-electron chi connectivity index (χ0n) is 23.3. The van der Waals surface area contributed by atoms with Crippen LogP contribution in [0.1, 0.15) is 66.5 Å². The van der Waals surface area contributed by atoms with E-state index in [0.717, 1.165) is 57.8 Å². The SMILES string of the molecule is CCN(CC)P(c1cc(OC)cc(C(C)(C)C)c1OC)c1cc(OC)cc(C(C)(C)C)c1OC. The molecule has 0 aromatic heterocycles. The highest BCUT2D eigenvalue weighted by Gasteiger charge is 2.34. The van der Waals surface area contributed by atoms with E-state index in [0.29, 0.717) is 0 Å². The maximum absolute atomic E-state index is 6.13. The van der Waals surface area contributed by atoms with Gasteiger partial charge in [-0.1, -0.05) is 55.4 Å². The average molecular weight is 490 g/mol. The van der Waals surface area contributed by atoms with Crippen LogP contribution in [0.15, 0.2) is 24.3 Å². The van der Waals surface area contributed by atoms with Crippen molar-refractivity contribution in [2.24, 2.45) is 0 Å². The fourth-order valence-electron chi connectivity index (χ4n) is 4.21. The summed E-state index contributed by atoms with van der Waals surface area (Å²) in [5.41, 5.74) is 2.02. The lowest BCUT2D eigenvalue weighted by Gasteiger charge is -2.36. The number of hydrogen-bond acceptors (Lipinski definition) is 5. The van der Waals surface area contributed by atoms with Crippen molar-refractivity contribution in [3.8, 4) is 23.0 Å². The van der Waals surface area contributed by atoms with Crippen molar-refractivity contribution < 1.29 is 18.9 Å². The van der Waals surface area contributed by atoms with E-state index in [2.05, 4.69) is 84.3 Å². The van der Waals surface area contributed by atoms with E-state index in [1.54, 1.807) is 28.4 Å². The quantitative estimate of drug-likeness (QED) is 0.404. The van der Waals surface area contributed by atoms with E-state index in [-0.39, 0.29) is 10.8 Å². The molecule has 0 fully saturated rings. The summed E-state index contributed by atoms with van der Waals surface area (Å²) in [7, 11) is 5.96. The molecule has 0 amide bonds. The molecule has 0 radical (unpaired) electrons. The molecule has 2 aromatic rings. The van der Waals surface area contributed by atoms with Gasteiger partial charge in [-0.25, -0.2) is 0 Å². The molecule has 0 aliphatic heterocycles. The van der Waals surface area contributed by atoms with E-state index in [4.69, 9.17) is 18.9 Å². The molecule has 2 rings (SSSR count). The zero-order chi connectivity index (χ0) is 25.8. The van der Waals surface area contributed by atoms with Crippen LogP contribution in [0.4, 0.5) is 0 Å². The summed E-state index contributed by atoms with van der Waals surface area (Å²) in [5, 5.41) is 2.24. The number of benzene rings is 2. The predicted octanol–water partition coefficient (Wildman–Crippen LogP) is 6.01. The molecule has 0 spiro atoms. The van der Waals surface area contributed by atoms with E-state index in [1.807, 2.05) is 0 Å². The molecule has 0 saturated heterocycles. The van der Waals surface area contributed by atoms with Crippen molar-refractivity contribution in [1.29, 1.82) is 0 Å². The summed E-state index contributed by atoms with van der Waals surface area (Å²) in [6, 6.07) is 8.46. The molecule has 190 valence electrons. The largest absolute Gasteiger partial charge is 0.497 e. The first-order valence-electron chi connectivity index (χ1n) is 12.0. The van der Waals surface area contributed by atoms with Gasteiger partial charge in [0, 0.05) is 29.8 Å². The van der Waals surface area contributed by atoms with Gasteiger partial charge in [-0.15, -0.1) is 0 Å². The Balaban J connectivity index is 3.06. The third-order valence-corrected chi connectivity index (χ3v) is 8.76. The minimum absolute atomic E-state index is 0.117. The molecular weight excluding hydrogens is 445 g/mol. The summed E-state index contributed by atoms with van der Waals surface area (Å²) in [4.78, 5) is 0. The van der Waals surface area contributed by atoms with Crippen LogP contribution >= 0.6 is 8.07 Å². The summed E-state index contributed by atoms with van der Waals surface area (Å²) in [5.74, 6) is 3.48. The van der Waals surface area contributed by atoms with Crippen LogP contribution in [0.3, 0.4) is 0 Å². The summed E-state index contributed by atoms with van der Waals surface area (Å²) >= 11 is 0. The molecule has 0 N–H and O–H groups in total. The smallest absolute Gasteiger partial charge is 0.132 e. The molecule has 0 bridgehead atoms. The fourth-order valence-corrected chi connectivity index (χ4v) is 6.95. The molecule has 0 aliphatic carbocycles. The second-order valence-electron chi connectivity index (χ2n) is 10.4. The molecular formula is C28H44NO4P. The molecule has 2 aromatic carbocycles. The molecule has 6 heteroatoms. The molecule has 0 aliphatic rings. The summed E-state index contributed by atoms with van der Waals surface area (Å²) < 4.78 is 26.3. The minimum atomic E-state index is -1.01. The second kappa shape index (κ2) is 11.2. The van der Waals surface area contributed by atoms with Crippen LogP contribution in [0.25, 0.3) is 0 Å². The molecule has 5 nitrogen and oxygen atoms in total. The third kappa shape index (κ3) is 5.80.